The lowest BCUT2D eigenvalue weighted by molar-refractivity contribution is 0.0900. The Bertz CT molecular complexity index is 750. The van der Waals surface area contributed by atoms with Crippen LogP contribution >= 0.6 is 0 Å². The average Bonchev–Trinajstić information content (AvgIpc) is 2.72. The summed E-state index contributed by atoms with van der Waals surface area (Å²) in [4.78, 5) is 24.8. The summed E-state index contributed by atoms with van der Waals surface area (Å²) in [5, 5.41) is 2.94. The van der Waals surface area contributed by atoms with Crippen molar-refractivity contribution in [1.29, 1.82) is 0 Å². The van der Waals surface area contributed by atoms with Crippen molar-refractivity contribution in [2.75, 3.05) is 44.2 Å². The van der Waals surface area contributed by atoms with Gasteiger partial charge < -0.3 is 24.6 Å². The quantitative estimate of drug-likeness (QED) is 0.890. The second-order valence-corrected chi connectivity index (χ2v) is 6.21. The summed E-state index contributed by atoms with van der Waals surface area (Å²) in [5.74, 6) is 2.17. The standard InChI is InChI=1S/C18H21N5O3/c24-18(21-12-14-13-25-15-4-1-2-5-16(15)26-14)23-10-8-22(9-11-23)17-19-6-3-7-20-17/h1-7,14H,8-13H2,(H,21,24)/t14-/m1/s1. The third-order valence-corrected chi connectivity index (χ3v) is 4.45. The van der Waals surface area contributed by atoms with Gasteiger partial charge in [-0.05, 0) is 18.2 Å². The van der Waals surface area contributed by atoms with E-state index in [1.54, 1.807) is 23.4 Å². The van der Waals surface area contributed by atoms with Gasteiger partial charge in [-0.2, -0.15) is 0 Å². The van der Waals surface area contributed by atoms with Crippen molar-refractivity contribution in [2.24, 2.45) is 0 Å². The SMILES string of the molecule is O=C(NC[C@@H]1COc2ccccc2O1)N1CCN(c2ncccn2)CC1. The maximum absolute atomic E-state index is 12.4. The van der Waals surface area contributed by atoms with Crippen LogP contribution in [-0.4, -0.2) is 66.3 Å². The highest BCUT2D eigenvalue weighted by Gasteiger charge is 2.25. The highest BCUT2D eigenvalue weighted by molar-refractivity contribution is 5.74. The number of hydrogen-bond donors (Lipinski definition) is 1. The molecule has 0 bridgehead atoms. The van der Waals surface area contributed by atoms with Gasteiger partial charge in [0, 0.05) is 38.6 Å². The largest absolute Gasteiger partial charge is 0.486 e. The monoisotopic (exact) mass is 355 g/mol. The Morgan fingerprint density at radius 3 is 2.58 bits per heavy atom. The van der Waals surface area contributed by atoms with Crippen LogP contribution < -0.4 is 19.7 Å². The number of fused-ring (bicyclic) bond motifs is 1. The number of benzene rings is 1. The molecule has 2 aliphatic heterocycles. The molecule has 2 aromatic rings. The number of carbonyl (C=O) groups excluding carboxylic acids is 1. The van der Waals surface area contributed by atoms with E-state index in [4.69, 9.17) is 9.47 Å². The number of ether oxygens (including phenoxy) is 2. The van der Waals surface area contributed by atoms with E-state index < -0.39 is 0 Å². The van der Waals surface area contributed by atoms with Crippen molar-refractivity contribution in [3.63, 3.8) is 0 Å². The van der Waals surface area contributed by atoms with Crippen molar-refractivity contribution in [1.82, 2.24) is 20.2 Å². The number of aromatic nitrogens is 2. The van der Waals surface area contributed by atoms with Crippen molar-refractivity contribution in [3.8, 4) is 11.5 Å². The molecule has 1 saturated heterocycles. The lowest BCUT2D eigenvalue weighted by Crippen LogP contribution is -2.53. The number of para-hydroxylation sites is 2. The van der Waals surface area contributed by atoms with Crippen molar-refractivity contribution in [3.05, 3.63) is 42.7 Å². The van der Waals surface area contributed by atoms with E-state index in [1.807, 2.05) is 24.3 Å². The van der Waals surface area contributed by atoms with Gasteiger partial charge in [0.15, 0.2) is 17.6 Å². The second-order valence-electron chi connectivity index (χ2n) is 6.21. The fourth-order valence-corrected chi connectivity index (χ4v) is 3.04. The maximum Gasteiger partial charge on any atom is 0.317 e. The van der Waals surface area contributed by atoms with Crippen LogP contribution in [0, 0.1) is 0 Å². The molecule has 1 atom stereocenters. The minimum absolute atomic E-state index is 0.0823. The first kappa shape index (κ1) is 16.4. The predicted molar refractivity (Wildman–Crippen MR) is 95.6 cm³/mol. The van der Waals surface area contributed by atoms with Gasteiger partial charge in [-0.3, -0.25) is 0 Å². The smallest absolute Gasteiger partial charge is 0.317 e. The molecule has 0 spiro atoms. The number of urea groups is 1. The summed E-state index contributed by atoms with van der Waals surface area (Å²) in [6, 6.07) is 9.27. The molecule has 1 aromatic heterocycles. The van der Waals surface area contributed by atoms with Crippen LogP contribution in [0.2, 0.25) is 0 Å². The first-order valence-corrected chi connectivity index (χ1v) is 8.73. The zero-order chi connectivity index (χ0) is 17.8. The Labute approximate surface area is 151 Å². The molecule has 8 nitrogen and oxygen atoms in total. The number of nitrogens with zero attached hydrogens (tertiary/aromatic N) is 4. The summed E-state index contributed by atoms with van der Waals surface area (Å²) < 4.78 is 11.5. The summed E-state index contributed by atoms with van der Waals surface area (Å²) in [6.45, 7) is 3.54. The summed E-state index contributed by atoms with van der Waals surface area (Å²) in [6.07, 6.45) is 3.27. The van der Waals surface area contributed by atoms with E-state index in [1.165, 1.54) is 0 Å². The van der Waals surface area contributed by atoms with Crippen molar-refractivity contribution >= 4 is 12.0 Å². The third-order valence-electron chi connectivity index (χ3n) is 4.45. The highest BCUT2D eigenvalue weighted by Crippen LogP contribution is 2.30. The first-order valence-electron chi connectivity index (χ1n) is 8.73. The average molecular weight is 355 g/mol. The van der Waals surface area contributed by atoms with Crippen LogP contribution in [0.25, 0.3) is 0 Å². The van der Waals surface area contributed by atoms with Crippen LogP contribution in [0.5, 0.6) is 11.5 Å². The van der Waals surface area contributed by atoms with Gasteiger partial charge in [0.1, 0.15) is 6.61 Å². The molecule has 26 heavy (non-hydrogen) atoms. The number of anilines is 1. The lowest BCUT2D eigenvalue weighted by atomic mass is 10.2. The van der Waals surface area contributed by atoms with Crippen LogP contribution in [0.3, 0.4) is 0 Å². The van der Waals surface area contributed by atoms with Gasteiger partial charge in [0.2, 0.25) is 5.95 Å². The maximum atomic E-state index is 12.4. The molecule has 0 aliphatic carbocycles. The topological polar surface area (TPSA) is 79.8 Å². The number of amides is 2. The van der Waals surface area contributed by atoms with Gasteiger partial charge in [-0.25, -0.2) is 14.8 Å². The molecule has 1 fully saturated rings. The number of hydrogen-bond acceptors (Lipinski definition) is 6. The van der Waals surface area contributed by atoms with E-state index in [0.29, 0.717) is 45.3 Å². The minimum Gasteiger partial charge on any atom is -0.486 e. The third kappa shape index (κ3) is 3.63. The molecule has 2 aliphatic rings. The van der Waals surface area contributed by atoms with Gasteiger partial charge in [-0.15, -0.1) is 0 Å². The van der Waals surface area contributed by atoms with Gasteiger partial charge in [0.05, 0.1) is 6.54 Å². The van der Waals surface area contributed by atoms with Gasteiger partial charge >= 0.3 is 6.03 Å². The Morgan fingerprint density at radius 1 is 1.08 bits per heavy atom. The van der Waals surface area contributed by atoms with E-state index in [2.05, 4.69) is 20.2 Å². The number of piperazine rings is 1. The predicted octanol–water partition coefficient (Wildman–Crippen LogP) is 1.15. The molecule has 8 heteroatoms. The zero-order valence-electron chi connectivity index (χ0n) is 14.4. The second kappa shape index (κ2) is 7.47. The minimum atomic E-state index is -0.187. The summed E-state index contributed by atoms with van der Waals surface area (Å²) in [5.41, 5.74) is 0. The molecule has 1 N–H and O–H groups in total. The number of carbonyl (C=O) groups is 1. The molecular formula is C18H21N5O3. The molecule has 0 unspecified atom stereocenters. The van der Waals surface area contributed by atoms with E-state index in [-0.39, 0.29) is 12.1 Å². The number of nitrogens with one attached hydrogen (secondary N) is 1. The van der Waals surface area contributed by atoms with Crippen molar-refractivity contribution in [2.45, 2.75) is 6.10 Å². The Hall–Kier alpha value is -3.03. The van der Waals surface area contributed by atoms with Crippen LogP contribution in [0.1, 0.15) is 0 Å². The fourth-order valence-electron chi connectivity index (χ4n) is 3.04. The molecule has 1 aromatic carbocycles. The van der Waals surface area contributed by atoms with Gasteiger partial charge in [0.25, 0.3) is 0 Å². The van der Waals surface area contributed by atoms with Gasteiger partial charge in [-0.1, -0.05) is 12.1 Å². The molecule has 0 radical (unpaired) electrons. The number of rotatable bonds is 3. The van der Waals surface area contributed by atoms with E-state index >= 15 is 0 Å². The summed E-state index contributed by atoms with van der Waals surface area (Å²) in [7, 11) is 0. The molecule has 4 rings (SSSR count). The van der Waals surface area contributed by atoms with Crippen molar-refractivity contribution < 1.29 is 14.3 Å². The molecule has 136 valence electrons. The van der Waals surface area contributed by atoms with Crippen LogP contribution in [-0.2, 0) is 0 Å². The first-order chi connectivity index (χ1) is 12.8. The fraction of sp³-hybridized carbons (Fsp3) is 0.389. The Morgan fingerprint density at radius 2 is 1.81 bits per heavy atom. The molecule has 3 heterocycles. The van der Waals surface area contributed by atoms with E-state index in [0.717, 1.165) is 11.5 Å². The molecule has 0 saturated carbocycles. The molecule has 2 amide bonds. The Kier molecular flexibility index (Phi) is 4.72. The summed E-state index contributed by atoms with van der Waals surface area (Å²) >= 11 is 0. The van der Waals surface area contributed by atoms with Crippen LogP contribution in [0.15, 0.2) is 42.7 Å². The molecular weight excluding hydrogens is 334 g/mol. The lowest BCUT2D eigenvalue weighted by Gasteiger charge is -2.35. The van der Waals surface area contributed by atoms with E-state index in [9.17, 15) is 4.79 Å². The highest BCUT2D eigenvalue weighted by atomic mass is 16.6. The normalized spacial score (nSPS) is 19.2. The Balaban J connectivity index is 1.24. The van der Waals surface area contributed by atoms with Crippen LogP contribution in [0.4, 0.5) is 10.7 Å². The zero-order valence-corrected chi connectivity index (χ0v) is 14.4.